The molecular formula is C19H20N4O2. The van der Waals surface area contributed by atoms with Gasteiger partial charge in [0.25, 0.3) is 0 Å². The number of nitrogens with zero attached hydrogens (tertiary/aromatic N) is 2. The highest BCUT2D eigenvalue weighted by Gasteiger charge is 2.08. The first-order valence-electron chi connectivity index (χ1n) is 8.05. The minimum absolute atomic E-state index is 0.0399. The topological polar surface area (TPSA) is 76.1 Å². The second kappa shape index (κ2) is 7.72. The lowest BCUT2D eigenvalue weighted by molar-refractivity contribution is 0.101. The van der Waals surface area contributed by atoms with Gasteiger partial charge in [0.05, 0.1) is 12.1 Å². The molecule has 0 unspecified atom stereocenters. The number of anilines is 3. The van der Waals surface area contributed by atoms with Crippen molar-refractivity contribution in [3.05, 3.63) is 54.1 Å². The molecule has 0 aliphatic carbocycles. The number of hydrogen-bond acceptors (Lipinski definition) is 6. The van der Waals surface area contributed by atoms with Gasteiger partial charge in [0, 0.05) is 30.3 Å². The largest absolute Gasteiger partial charge is 0.383 e. The predicted molar refractivity (Wildman–Crippen MR) is 99.6 cm³/mol. The Balaban J connectivity index is 1.88. The molecule has 128 valence electrons. The molecule has 0 saturated carbocycles. The van der Waals surface area contributed by atoms with Gasteiger partial charge in [-0.15, -0.1) is 0 Å². The molecule has 0 bridgehead atoms. The highest BCUT2D eigenvalue weighted by atomic mass is 16.5. The number of Topliss-reactive ketones (excluding diaryl/α,β-unsaturated/α-hetero) is 1. The Labute approximate surface area is 146 Å². The molecule has 6 heteroatoms. The first-order valence-corrected chi connectivity index (χ1v) is 8.05. The number of hydrogen-bond donors (Lipinski definition) is 2. The summed E-state index contributed by atoms with van der Waals surface area (Å²) in [5.41, 5.74) is 2.34. The molecule has 0 amide bonds. The van der Waals surface area contributed by atoms with Gasteiger partial charge in [-0.2, -0.15) is 4.98 Å². The fourth-order valence-corrected chi connectivity index (χ4v) is 2.46. The van der Waals surface area contributed by atoms with E-state index in [1.165, 1.54) is 0 Å². The summed E-state index contributed by atoms with van der Waals surface area (Å²) in [6.45, 7) is 2.80. The zero-order chi connectivity index (χ0) is 17.6. The van der Waals surface area contributed by atoms with Crippen LogP contribution in [0.5, 0.6) is 0 Å². The SMILES string of the molecule is COCCNc1nc(Nc2ccc(C(C)=O)cc2)nc2ccccc12. The highest BCUT2D eigenvalue weighted by Crippen LogP contribution is 2.23. The molecule has 25 heavy (non-hydrogen) atoms. The lowest BCUT2D eigenvalue weighted by Gasteiger charge is -2.12. The Kier molecular flexibility index (Phi) is 5.20. The van der Waals surface area contributed by atoms with Crippen LogP contribution in [0, 0.1) is 0 Å². The lowest BCUT2D eigenvalue weighted by atomic mass is 10.1. The third-order valence-electron chi connectivity index (χ3n) is 3.75. The van der Waals surface area contributed by atoms with E-state index in [1.54, 1.807) is 26.2 Å². The molecule has 0 spiro atoms. The lowest BCUT2D eigenvalue weighted by Crippen LogP contribution is -2.10. The summed E-state index contributed by atoms with van der Waals surface area (Å²) in [4.78, 5) is 20.5. The Hall–Kier alpha value is -2.99. The van der Waals surface area contributed by atoms with Gasteiger partial charge >= 0.3 is 0 Å². The summed E-state index contributed by atoms with van der Waals surface area (Å²) in [7, 11) is 1.66. The maximum absolute atomic E-state index is 11.4. The van der Waals surface area contributed by atoms with Gasteiger partial charge in [-0.1, -0.05) is 12.1 Å². The van der Waals surface area contributed by atoms with E-state index in [-0.39, 0.29) is 5.78 Å². The van der Waals surface area contributed by atoms with E-state index < -0.39 is 0 Å². The van der Waals surface area contributed by atoms with Crippen molar-refractivity contribution in [3.8, 4) is 0 Å². The molecule has 2 N–H and O–H groups in total. The van der Waals surface area contributed by atoms with Gasteiger partial charge in [0.15, 0.2) is 5.78 Å². The summed E-state index contributed by atoms with van der Waals surface area (Å²) >= 11 is 0. The Morgan fingerprint density at radius 3 is 2.56 bits per heavy atom. The Morgan fingerprint density at radius 1 is 1.08 bits per heavy atom. The van der Waals surface area contributed by atoms with Crippen molar-refractivity contribution in [2.45, 2.75) is 6.92 Å². The normalized spacial score (nSPS) is 10.6. The molecule has 0 saturated heterocycles. The number of methoxy groups -OCH3 is 1. The van der Waals surface area contributed by atoms with Crippen molar-refractivity contribution in [3.63, 3.8) is 0 Å². The smallest absolute Gasteiger partial charge is 0.229 e. The number of ether oxygens (including phenoxy) is 1. The highest BCUT2D eigenvalue weighted by molar-refractivity contribution is 5.94. The van der Waals surface area contributed by atoms with Crippen molar-refractivity contribution >= 4 is 34.1 Å². The number of fused-ring (bicyclic) bond motifs is 1. The van der Waals surface area contributed by atoms with Crippen molar-refractivity contribution < 1.29 is 9.53 Å². The molecule has 0 fully saturated rings. The van der Waals surface area contributed by atoms with Crippen LogP contribution in [0.1, 0.15) is 17.3 Å². The number of carbonyl (C=O) groups excluding carboxylic acids is 1. The Morgan fingerprint density at radius 2 is 1.84 bits per heavy atom. The van der Waals surface area contributed by atoms with E-state index in [1.807, 2.05) is 36.4 Å². The molecule has 6 nitrogen and oxygen atoms in total. The third-order valence-corrected chi connectivity index (χ3v) is 3.75. The van der Waals surface area contributed by atoms with Gasteiger partial charge in [0.1, 0.15) is 5.82 Å². The molecule has 0 radical (unpaired) electrons. The number of ketones is 1. The average molecular weight is 336 g/mol. The standard InChI is InChI=1S/C19H20N4O2/c1-13(24)14-7-9-15(10-8-14)21-19-22-17-6-4-3-5-16(17)18(23-19)20-11-12-25-2/h3-10H,11-12H2,1-2H3,(H2,20,21,22,23). The zero-order valence-electron chi connectivity index (χ0n) is 14.2. The summed E-state index contributed by atoms with van der Waals surface area (Å²) in [6.07, 6.45) is 0. The molecule has 0 aliphatic heterocycles. The van der Waals surface area contributed by atoms with Crippen LogP contribution in [0.4, 0.5) is 17.5 Å². The van der Waals surface area contributed by atoms with Crippen LogP contribution >= 0.6 is 0 Å². The van der Waals surface area contributed by atoms with Crippen molar-refractivity contribution in [1.82, 2.24) is 9.97 Å². The average Bonchev–Trinajstić information content (AvgIpc) is 2.62. The molecule has 0 aliphatic rings. The van der Waals surface area contributed by atoms with Gasteiger partial charge in [-0.05, 0) is 43.3 Å². The fourth-order valence-electron chi connectivity index (χ4n) is 2.46. The van der Waals surface area contributed by atoms with Gasteiger partial charge in [-0.3, -0.25) is 4.79 Å². The van der Waals surface area contributed by atoms with Crippen LogP contribution in [-0.2, 0) is 4.74 Å². The fraction of sp³-hybridized carbons (Fsp3) is 0.211. The van der Waals surface area contributed by atoms with Crippen LogP contribution in [0.2, 0.25) is 0 Å². The summed E-state index contributed by atoms with van der Waals surface area (Å²) in [5.74, 6) is 1.29. The zero-order valence-corrected chi connectivity index (χ0v) is 14.2. The first-order chi connectivity index (χ1) is 12.2. The third kappa shape index (κ3) is 4.10. The van der Waals surface area contributed by atoms with Gasteiger partial charge < -0.3 is 15.4 Å². The van der Waals surface area contributed by atoms with E-state index in [0.29, 0.717) is 24.7 Å². The van der Waals surface area contributed by atoms with Crippen LogP contribution < -0.4 is 10.6 Å². The maximum Gasteiger partial charge on any atom is 0.229 e. The quantitative estimate of drug-likeness (QED) is 0.507. The maximum atomic E-state index is 11.4. The number of carbonyl (C=O) groups is 1. The van der Waals surface area contributed by atoms with E-state index in [9.17, 15) is 4.79 Å². The van der Waals surface area contributed by atoms with E-state index in [0.717, 1.165) is 22.4 Å². The minimum Gasteiger partial charge on any atom is -0.383 e. The number of aromatic nitrogens is 2. The summed E-state index contributed by atoms with van der Waals surface area (Å²) in [5, 5.41) is 7.42. The van der Waals surface area contributed by atoms with E-state index in [4.69, 9.17) is 4.74 Å². The molecule has 0 atom stereocenters. The van der Waals surface area contributed by atoms with Crippen molar-refractivity contribution in [2.75, 3.05) is 30.9 Å². The number of nitrogens with one attached hydrogen (secondary N) is 2. The summed E-state index contributed by atoms with van der Waals surface area (Å²) in [6, 6.07) is 15.1. The Bertz CT molecular complexity index is 878. The van der Waals surface area contributed by atoms with Crippen LogP contribution in [0.3, 0.4) is 0 Å². The molecule has 1 aromatic heterocycles. The van der Waals surface area contributed by atoms with Gasteiger partial charge in [-0.25, -0.2) is 4.98 Å². The molecule has 3 aromatic rings. The number of benzene rings is 2. The number of para-hydroxylation sites is 1. The molecule has 1 heterocycles. The minimum atomic E-state index is 0.0399. The van der Waals surface area contributed by atoms with Crippen molar-refractivity contribution in [2.24, 2.45) is 0 Å². The van der Waals surface area contributed by atoms with Crippen molar-refractivity contribution in [1.29, 1.82) is 0 Å². The summed E-state index contributed by atoms with van der Waals surface area (Å²) < 4.78 is 5.08. The molecule has 2 aromatic carbocycles. The van der Waals surface area contributed by atoms with Crippen LogP contribution in [0.25, 0.3) is 10.9 Å². The van der Waals surface area contributed by atoms with Crippen LogP contribution in [-0.4, -0.2) is 36.0 Å². The predicted octanol–water partition coefficient (Wildman–Crippen LogP) is 3.63. The van der Waals surface area contributed by atoms with Gasteiger partial charge in [0.2, 0.25) is 5.95 Å². The second-order valence-corrected chi connectivity index (χ2v) is 5.59. The van der Waals surface area contributed by atoms with E-state index in [2.05, 4.69) is 20.6 Å². The first kappa shape index (κ1) is 16.9. The monoisotopic (exact) mass is 336 g/mol. The molecule has 3 rings (SSSR count). The van der Waals surface area contributed by atoms with E-state index >= 15 is 0 Å². The second-order valence-electron chi connectivity index (χ2n) is 5.59. The number of rotatable bonds is 7. The van der Waals surface area contributed by atoms with Crippen LogP contribution in [0.15, 0.2) is 48.5 Å². The molecular weight excluding hydrogens is 316 g/mol.